The average molecular weight is 2060 g/mol. The van der Waals surface area contributed by atoms with Crippen LogP contribution >= 0.6 is 0 Å². The van der Waals surface area contributed by atoms with E-state index in [0.29, 0.717) is 0 Å². The van der Waals surface area contributed by atoms with Crippen LogP contribution in [0.5, 0.6) is 0 Å². The lowest BCUT2D eigenvalue weighted by Gasteiger charge is -2.51. The highest BCUT2D eigenvalue weighted by molar-refractivity contribution is 5.78. The van der Waals surface area contributed by atoms with Gasteiger partial charge in [0.2, 0.25) is 35.4 Å². The van der Waals surface area contributed by atoms with Gasteiger partial charge in [-0.05, 0) is 0 Å². The Bertz CT molecular complexity index is 4060. The third kappa shape index (κ3) is 26.2. The predicted octanol–water partition coefficient (Wildman–Crippen LogP) is -23.5. The fourth-order valence-corrected chi connectivity index (χ4v) is 18.1. The van der Waals surface area contributed by atoms with Crippen molar-refractivity contribution in [2.24, 2.45) is 0 Å². The van der Waals surface area contributed by atoms with Crippen molar-refractivity contribution in [2.45, 2.75) is 372 Å². The largest absolute Gasteiger partial charge is 0.477 e. The smallest absolute Gasteiger partial charge is 0.364 e. The summed E-state index contributed by atoms with van der Waals surface area (Å²) in [4.78, 5) is 103. The molecule has 0 aromatic heterocycles. The highest BCUT2D eigenvalue weighted by Crippen LogP contribution is 2.44. The molecule has 63 heteroatoms. The van der Waals surface area contributed by atoms with Crippen LogP contribution in [-0.2, 0) is 128 Å². The Labute approximate surface area is 796 Å². The van der Waals surface area contributed by atoms with E-state index >= 15 is 0 Å². The van der Waals surface area contributed by atoms with Gasteiger partial charge in [0, 0.05) is 54.4 Å². The van der Waals surface area contributed by atoms with Crippen LogP contribution in [0.3, 0.4) is 0 Å². The fourth-order valence-electron chi connectivity index (χ4n) is 18.1. The Morgan fingerprint density at radius 1 is 0.291 bits per heavy atom. The van der Waals surface area contributed by atoms with Crippen LogP contribution in [0.15, 0.2) is 0 Å². The number of nitrogens with one attached hydrogen (secondary N) is 6. The summed E-state index contributed by atoms with van der Waals surface area (Å²) in [5.41, 5.74) is 0. The number of carboxylic acid groups (broad SMARTS) is 2. The molecule has 141 heavy (non-hydrogen) atoms. The number of amides is 6. The van der Waals surface area contributed by atoms with E-state index in [1.54, 1.807) is 0 Å². The number of aliphatic hydroxyl groups is 28. The van der Waals surface area contributed by atoms with E-state index in [-0.39, 0.29) is 0 Å². The molecule has 10 rings (SSSR count). The maximum Gasteiger partial charge on any atom is 0.364 e. The predicted molar refractivity (Wildman–Crippen MR) is 434 cm³/mol. The lowest BCUT2D eigenvalue weighted by atomic mass is 9.88. The van der Waals surface area contributed by atoms with Crippen molar-refractivity contribution >= 4 is 47.4 Å². The molecule has 10 saturated heterocycles. The van der Waals surface area contributed by atoms with E-state index in [9.17, 15) is 192 Å². The Morgan fingerprint density at radius 3 is 0.915 bits per heavy atom. The van der Waals surface area contributed by atoms with Crippen molar-refractivity contribution in [2.75, 3.05) is 66.1 Å². The molecule has 6 amide bonds. The maximum absolute atomic E-state index is 13.4. The maximum atomic E-state index is 13.4. The molecule has 10 aliphatic rings. The quantitative estimate of drug-likeness (QED) is 0.0271. The Kier molecular flexibility index (Phi) is 41.6. The van der Waals surface area contributed by atoms with Gasteiger partial charge >= 0.3 is 11.9 Å². The Morgan fingerprint density at radius 2 is 0.567 bits per heavy atom. The molecule has 0 radical (unpaired) electrons. The zero-order valence-electron chi connectivity index (χ0n) is 75.8. The molecule has 36 N–H and O–H groups in total. The van der Waals surface area contributed by atoms with Gasteiger partial charge in [-0.25, -0.2) is 9.59 Å². The third-order valence-corrected chi connectivity index (χ3v) is 25.2. The number of carbonyl (C=O) groups excluding carboxylic acids is 6. The third-order valence-electron chi connectivity index (χ3n) is 25.2. The van der Waals surface area contributed by atoms with Gasteiger partial charge in [0.05, 0.1) is 90.4 Å². The number of aliphatic carboxylic acids is 2. The van der Waals surface area contributed by atoms with E-state index in [1.807, 2.05) is 0 Å². The van der Waals surface area contributed by atoms with Crippen LogP contribution in [0, 0.1) is 0 Å². The topological polar surface area (TPSA) is 991 Å². The van der Waals surface area contributed by atoms with Crippen molar-refractivity contribution < 1.29 is 282 Å². The molecule has 10 aliphatic heterocycles. The molecule has 0 spiro atoms. The van der Waals surface area contributed by atoms with E-state index in [0.717, 1.165) is 41.5 Å². The number of hydrogen-bond donors (Lipinski definition) is 36. The summed E-state index contributed by atoms with van der Waals surface area (Å²) in [5.74, 6) is -16.7. The number of carbonyl (C=O) groups is 8. The molecular formula is C78H128N6O57. The van der Waals surface area contributed by atoms with Gasteiger partial charge in [0.1, 0.15) is 232 Å². The van der Waals surface area contributed by atoms with Gasteiger partial charge < -0.3 is 275 Å². The van der Waals surface area contributed by atoms with Crippen molar-refractivity contribution in [3.8, 4) is 0 Å². The molecule has 0 aromatic carbocycles. The second-order valence-corrected chi connectivity index (χ2v) is 35.3. The van der Waals surface area contributed by atoms with Crippen LogP contribution in [0.2, 0.25) is 0 Å². The van der Waals surface area contributed by atoms with E-state index in [1.165, 1.54) is 0 Å². The standard InChI is InChI=1S/C78H128N6O57/c1-19(93)79-37-25(99)7-77(75(119)120,138-62(37)43(103)27(101)9-85)140-64-47(107)29(11-87)126-72(56(64)116)135-59-32(14-90)128-68(40(50(59)110)82-22(4)96)123-17-36-46(106)54(114)66(74(132-36)124-18-35-45(105)53(113)55(115)71(131-35)134-60-33(15-91)129-69(41(51(60)111)83-23(5)97)133-58-31(13-89)125-67(118)39(49(58)109)81-21(3)95)137-70-42(84-24(6)98)52(112)61(34(16-92)130-70)136-73-57(117)65(48(108)30(12-88)127-73)141-78(76(121)122)8-26(100)38(80-20(2)94)63(139-78)44(104)28(102)10-86/h25-74,85-92,99-118H,7-18H2,1-6H3,(H,79,93)(H,80,94)(H,81,95)(H,82,96)(H,83,97)(H,84,98)(H,119,120)(H,121,122)/t25-,26-,27+,28+,29+,30+,31+,32+,33+,34+,35+,36+,37+,38+,39+,40+,41+,42+,43+,44+,45+,46+,47-,48-,49+,50+,51+,52+,53-,54-,55-,56+,57+,58+,59+,60+,61+,62+,63+,64-,65-,66-,67+,68+,69-,70-,71-,72-,73-,74-,77-,78-/m0/s1. The van der Waals surface area contributed by atoms with Crippen LogP contribution in [-0.4, -0.2) is 585 Å². The number of rotatable bonds is 40. The summed E-state index contributed by atoms with van der Waals surface area (Å²) in [6.07, 6.45) is -101. The van der Waals surface area contributed by atoms with Crippen molar-refractivity contribution in [1.29, 1.82) is 0 Å². The second-order valence-electron chi connectivity index (χ2n) is 35.3. The summed E-state index contributed by atoms with van der Waals surface area (Å²) in [7, 11) is 0. The minimum absolute atomic E-state index is 0.793. The van der Waals surface area contributed by atoms with Gasteiger partial charge in [-0.1, -0.05) is 0 Å². The first kappa shape index (κ1) is 117. The van der Waals surface area contributed by atoms with Crippen LogP contribution < -0.4 is 31.9 Å². The number of hydrogen-bond acceptors (Lipinski definition) is 55. The minimum Gasteiger partial charge on any atom is -0.477 e. The number of ether oxygens (including phenoxy) is 19. The zero-order valence-corrected chi connectivity index (χ0v) is 75.8. The molecule has 812 valence electrons. The van der Waals surface area contributed by atoms with Crippen LogP contribution in [0.25, 0.3) is 0 Å². The molecule has 10 heterocycles. The summed E-state index contributed by atoms with van der Waals surface area (Å²) in [6.45, 7) is -6.64. The minimum atomic E-state index is -3.35. The summed E-state index contributed by atoms with van der Waals surface area (Å²) >= 11 is 0. The fraction of sp³-hybridized carbons (Fsp3) is 0.897. The molecular weight excluding hydrogens is 1930 g/mol. The summed E-state index contributed by atoms with van der Waals surface area (Å²) in [6, 6.07) is -11.3. The van der Waals surface area contributed by atoms with E-state index < -0.39 is 444 Å². The van der Waals surface area contributed by atoms with Gasteiger partial charge in [-0.2, -0.15) is 0 Å². The van der Waals surface area contributed by atoms with Gasteiger partial charge in [-0.3, -0.25) is 28.8 Å². The molecule has 0 saturated carbocycles. The van der Waals surface area contributed by atoms with Crippen molar-refractivity contribution in [3.05, 3.63) is 0 Å². The van der Waals surface area contributed by atoms with Crippen molar-refractivity contribution in [1.82, 2.24) is 31.9 Å². The van der Waals surface area contributed by atoms with Crippen LogP contribution in [0.4, 0.5) is 0 Å². The molecule has 0 aliphatic carbocycles. The van der Waals surface area contributed by atoms with Crippen LogP contribution in [0.1, 0.15) is 54.4 Å². The summed E-state index contributed by atoms with van der Waals surface area (Å²) < 4.78 is 112. The van der Waals surface area contributed by atoms with Gasteiger partial charge in [0.15, 0.2) is 50.3 Å². The monoisotopic (exact) mass is 2060 g/mol. The van der Waals surface area contributed by atoms with E-state index in [4.69, 9.17) is 90.0 Å². The van der Waals surface area contributed by atoms with Gasteiger partial charge in [-0.15, -0.1) is 0 Å². The normalized spacial score (nSPS) is 45.4. The molecule has 52 atom stereocenters. The Hall–Kier alpha value is -6.12. The first-order valence-electron chi connectivity index (χ1n) is 44.4. The lowest BCUT2D eigenvalue weighted by molar-refractivity contribution is -0.391. The highest BCUT2D eigenvalue weighted by Gasteiger charge is 2.66. The zero-order chi connectivity index (χ0) is 105. The Balaban J connectivity index is 0.939. The first-order valence-corrected chi connectivity index (χ1v) is 44.4. The first-order chi connectivity index (χ1) is 66.3. The van der Waals surface area contributed by atoms with E-state index in [2.05, 4.69) is 31.9 Å². The molecule has 0 aromatic rings. The molecule has 0 unspecified atom stereocenters. The molecule has 10 fully saturated rings. The highest BCUT2D eigenvalue weighted by atomic mass is 16.8. The van der Waals surface area contributed by atoms with Gasteiger partial charge in [0.25, 0.3) is 11.6 Å². The lowest BCUT2D eigenvalue weighted by Crippen LogP contribution is -2.71. The SMILES string of the molecule is CC(=O)N[C@@H]1[C@@H](O)[C@H](O[C@@H]2O[C@H](CO)[C@@H](O[C@@H]3O[C@H](CO[C@H]4O[C@H](CO[C@@H]5O[C@H](CO)[C@@H](O[C@@H]6O[C@H](CO)[C@H](O)[C@H](O[C@]7(C(=O)O)C[C@H](O)[C@@H](NC(C)=O)[C@H]([C@H](O)[C@H](O)CO)O7)[C@H]6O)[C@H](O)[C@H]5NC(C)=O)[C@@H](O)[C@H](O)[C@@H]4O[C@@H]4O[C@H](CO)[C@@H](O[C@@H]5O[C@H](CO)[C@H](O)[C@H](O[C@]6(C(=O)O)C[C@H](O)[C@@H](NC(C)=O)[C@H]([C@H](O)[C@H](O)CO)O6)[C@H]5O)[C@H](O)[C@H]4NC(C)=O)[C@@H](O)[C@H](O)[C@@H]3O)[C@H](O)[C@H]2NC(C)=O)[C@@H](CO)O[C@H]1O. The molecule has 0 bridgehead atoms. The number of carboxylic acids is 2. The average Bonchev–Trinajstić information content (AvgIpc) is 0.729. The molecule has 63 nitrogen and oxygen atoms in total. The van der Waals surface area contributed by atoms with Crippen molar-refractivity contribution in [3.63, 3.8) is 0 Å². The summed E-state index contributed by atoms with van der Waals surface area (Å²) in [5, 5.41) is 350. The second kappa shape index (κ2) is 50.3. The number of aliphatic hydroxyl groups excluding tert-OH is 28.